The molecule has 0 bridgehead atoms. The van der Waals surface area contributed by atoms with Crippen LogP contribution in [0.25, 0.3) is 22.2 Å². The van der Waals surface area contributed by atoms with E-state index < -0.39 is 25.5 Å². The van der Waals surface area contributed by atoms with Gasteiger partial charge in [0.15, 0.2) is 25.1 Å². The van der Waals surface area contributed by atoms with Crippen LogP contribution in [0.4, 0.5) is 11.6 Å². The summed E-state index contributed by atoms with van der Waals surface area (Å²) in [7, 11) is 1.67. The monoisotopic (exact) mass is 504 g/mol. The minimum Gasteiger partial charge on any atom is -0.478 e. The first kappa shape index (κ1) is 25.4. The molecule has 0 radical (unpaired) electrons. The van der Waals surface area contributed by atoms with Gasteiger partial charge in [-0.15, -0.1) is 0 Å². The predicted octanol–water partition coefficient (Wildman–Crippen LogP) is 3.25. The lowest BCUT2D eigenvalue weighted by Gasteiger charge is -2.14. The van der Waals surface area contributed by atoms with Gasteiger partial charge in [-0.25, -0.2) is 14.8 Å². The highest BCUT2D eigenvalue weighted by molar-refractivity contribution is 6.05. The maximum absolute atomic E-state index is 12.9. The number of rotatable bonds is 9. The molecule has 11 nitrogen and oxygen atoms in total. The number of ether oxygens (including phenoxy) is 2. The molecular formula is C26H24N4O7. The molecule has 1 heterocycles. The molecule has 0 saturated carbocycles. The van der Waals surface area contributed by atoms with Crippen molar-refractivity contribution < 1.29 is 34.4 Å². The van der Waals surface area contributed by atoms with Crippen molar-refractivity contribution in [2.24, 2.45) is 0 Å². The number of benzene rings is 3. The third-order valence-corrected chi connectivity index (χ3v) is 5.54. The topological polar surface area (TPSA) is 163 Å². The molecule has 11 heteroatoms. The first-order valence-corrected chi connectivity index (χ1v) is 11.1. The number of aliphatic hydroxyl groups is 2. The van der Waals surface area contributed by atoms with Crippen LogP contribution in [-0.2, 0) is 0 Å². The fourth-order valence-corrected chi connectivity index (χ4v) is 3.83. The molecule has 0 aliphatic heterocycles. The standard InChI is InChI=1S/C26H24N4O7/c1-14-8-16(6-7-18(14)25(34)35)24(33)28-17-5-3-4-15(9-17)23-19-10-21(36-12-31)22(37-13-32)11-20(19)29-26(27-2)30-23/h3-11,31-32H,12-13H2,1-2H3,(H,28,33)(H,34,35)(H,27,29,30). The minimum absolute atomic E-state index is 0.131. The smallest absolute Gasteiger partial charge is 0.335 e. The average Bonchev–Trinajstić information content (AvgIpc) is 2.88. The van der Waals surface area contributed by atoms with Crippen molar-refractivity contribution in [2.75, 3.05) is 31.3 Å². The molecule has 1 amide bonds. The van der Waals surface area contributed by atoms with Crippen LogP contribution in [0.1, 0.15) is 26.3 Å². The van der Waals surface area contributed by atoms with Crippen LogP contribution >= 0.6 is 0 Å². The second-order valence-corrected chi connectivity index (χ2v) is 7.88. The zero-order valence-corrected chi connectivity index (χ0v) is 20.0. The number of carbonyl (C=O) groups is 2. The van der Waals surface area contributed by atoms with Crippen molar-refractivity contribution in [3.63, 3.8) is 0 Å². The number of aromatic carboxylic acids is 1. The number of nitrogens with one attached hydrogen (secondary N) is 2. The summed E-state index contributed by atoms with van der Waals surface area (Å²) in [5, 5.41) is 34.0. The van der Waals surface area contributed by atoms with E-state index in [1.165, 1.54) is 18.2 Å². The van der Waals surface area contributed by atoms with Crippen LogP contribution in [-0.4, -0.2) is 57.8 Å². The molecule has 0 aliphatic carbocycles. The molecule has 4 rings (SSSR count). The Kier molecular flexibility index (Phi) is 7.47. The van der Waals surface area contributed by atoms with Gasteiger partial charge in [0.05, 0.1) is 16.8 Å². The number of fused-ring (bicyclic) bond motifs is 1. The van der Waals surface area contributed by atoms with E-state index in [9.17, 15) is 24.9 Å². The van der Waals surface area contributed by atoms with Gasteiger partial charge in [0.2, 0.25) is 5.95 Å². The summed E-state index contributed by atoms with van der Waals surface area (Å²) in [6.45, 7) is 0.434. The van der Waals surface area contributed by atoms with Crippen molar-refractivity contribution in [3.05, 3.63) is 71.3 Å². The Balaban J connectivity index is 1.73. The van der Waals surface area contributed by atoms with Gasteiger partial charge in [0, 0.05) is 35.3 Å². The molecular weight excluding hydrogens is 480 g/mol. The molecule has 0 atom stereocenters. The number of hydrogen-bond donors (Lipinski definition) is 5. The largest absolute Gasteiger partial charge is 0.478 e. The fraction of sp³-hybridized carbons (Fsp3) is 0.154. The van der Waals surface area contributed by atoms with E-state index in [2.05, 4.69) is 20.6 Å². The number of carboxylic acids is 1. The number of hydrogen-bond acceptors (Lipinski definition) is 9. The lowest BCUT2D eigenvalue weighted by atomic mass is 10.0. The number of amides is 1. The number of aromatic nitrogens is 2. The van der Waals surface area contributed by atoms with Crippen molar-refractivity contribution in [2.45, 2.75) is 6.92 Å². The quantitative estimate of drug-likeness (QED) is 0.214. The molecule has 1 aromatic heterocycles. The van der Waals surface area contributed by atoms with Gasteiger partial charge in [0.1, 0.15) is 0 Å². The molecule has 5 N–H and O–H groups in total. The highest BCUT2D eigenvalue weighted by atomic mass is 16.6. The number of nitrogens with zero attached hydrogens (tertiary/aromatic N) is 2. The Labute approximate surface area is 211 Å². The van der Waals surface area contributed by atoms with Crippen molar-refractivity contribution >= 4 is 34.4 Å². The summed E-state index contributed by atoms with van der Waals surface area (Å²) in [5.74, 6) is -0.740. The Morgan fingerprint density at radius 2 is 1.68 bits per heavy atom. The molecule has 0 saturated heterocycles. The predicted molar refractivity (Wildman–Crippen MR) is 136 cm³/mol. The van der Waals surface area contributed by atoms with E-state index >= 15 is 0 Å². The van der Waals surface area contributed by atoms with Crippen LogP contribution in [0.15, 0.2) is 54.6 Å². The van der Waals surface area contributed by atoms with Gasteiger partial charge in [-0.2, -0.15) is 0 Å². The molecule has 0 unspecified atom stereocenters. The molecule has 4 aromatic rings. The summed E-state index contributed by atoms with van der Waals surface area (Å²) in [6.07, 6.45) is 0. The number of carbonyl (C=O) groups excluding carboxylic acids is 1. The van der Waals surface area contributed by atoms with Gasteiger partial charge in [-0.1, -0.05) is 12.1 Å². The Morgan fingerprint density at radius 3 is 2.32 bits per heavy atom. The van der Waals surface area contributed by atoms with Gasteiger partial charge in [0.25, 0.3) is 5.91 Å². The van der Waals surface area contributed by atoms with E-state index in [0.29, 0.717) is 44.9 Å². The van der Waals surface area contributed by atoms with Crippen molar-refractivity contribution in [3.8, 4) is 22.8 Å². The van der Waals surface area contributed by atoms with Crippen LogP contribution in [0, 0.1) is 6.92 Å². The molecule has 3 aromatic carbocycles. The Hall–Kier alpha value is -4.74. The lowest BCUT2D eigenvalue weighted by molar-refractivity contribution is 0.0695. The van der Waals surface area contributed by atoms with Gasteiger partial charge < -0.3 is 35.4 Å². The van der Waals surface area contributed by atoms with Crippen molar-refractivity contribution in [1.82, 2.24) is 9.97 Å². The third-order valence-electron chi connectivity index (χ3n) is 5.54. The summed E-state index contributed by atoms with van der Waals surface area (Å²) in [6, 6.07) is 14.6. The van der Waals surface area contributed by atoms with E-state index in [-0.39, 0.29) is 17.1 Å². The molecule has 0 spiro atoms. The van der Waals surface area contributed by atoms with Crippen molar-refractivity contribution in [1.29, 1.82) is 0 Å². The van der Waals surface area contributed by atoms with E-state index in [1.54, 1.807) is 44.3 Å². The van der Waals surface area contributed by atoms with E-state index in [4.69, 9.17) is 9.47 Å². The molecule has 0 fully saturated rings. The van der Waals surface area contributed by atoms with Gasteiger partial charge in [-0.3, -0.25) is 4.79 Å². The second-order valence-electron chi connectivity index (χ2n) is 7.88. The summed E-state index contributed by atoms with van der Waals surface area (Å²) < 4.78 is 10.5. The lowest BCUT2D eigenvalue weighted by Crippen LogP contribution is -2.13. The summed E-state index contributed by atoms with van der Waals surface area (Å²) >= 11 is 0. The zero-order chi connectivity index (χ0) is 26.5. The van der Waals surface area contributed by atoms with Crippen LogP contribution < -0.4 is 20.1 Å². The number of carboxylic acid groups (broad SMARTS) is 1. The average molecular weight is 504 g/mol. The first-order chi connectivity index (χ1) is 17.8. The van der Waals surface area contributed by atoms with E-state index in [1.807, 2.05) is 6.07 Å². The zero-order valence-electron chi connectivity index (χ0n) is 20.0. The first-order valence-electron chi connectivity index (χ1n) is 11.1. The van der Waals surface area contributed by atoms with Crippen LogP contribution in [0.2, 0.25) is 0 Å². The SMILES string of the molecule is CNc1nc(-c2cccc(NC(=O)c3ccc(C(=O)O)c(C)c3)c2)c2cc(OCO)c(OCO)cc2n1. The summed E-state index contributed by atoms with van der Waals surface area (Å²) in [4.78, 5) is 33.1. The molecule has 37 heavy (non-hydrogen) atoms. The molecule has 190 valence electrons. The molecule has 0 aliphatic rings. The third kappa shape index (κ3) is 5.42. The normalized spacial score (nSPS) is 10.7. The maximum Gasteiger partial charge on any atom is 0.335 e. The number of anilines is 2. The highest BCUT2D eigenvalue weighted by Crippen LogP contribution is 2.37. The Morgan fingerprint density at radius 1 is 0.946 bits per heavy atom. The minimum atomic E-state index is -1.06. The fourth-order valence-electron chi connectivity index (χ4n) is 3.83. The van der Waals surface area contributed by atoms with Crippen LogP contribution in [0.3, 0.4) is 0 Å². The Bertz CT molecular complexity index is 1490. The van der Waals surface area contributed by atoms with Gasteiger partial charge in [-0.05, 0) is 48.9 Å². The van der Waals surface area contributed by atoms with Gasteiger partial charge >= 0.3 is 5.97 Å². The van der Waals surface area contributed by atoms with E-state index in [0.717, 1.165) is 0 Å². The number of aryl methyl sites for hydroxylation is 1. The van der Waals surface area contributed by atoms with Crippen LogP contribution in [0.5, 0.6) is 11.5 Å². The number of aliphatic hydroxyl groups excluding tert-OH is 2. The summed E-state index contributed by atoms with van der Waals surface area (Å²) in [5.41, 5.74) is 3.09. The highest BCUT2D eigenvalue weighted by Gasteiger charge is 2.17. The maximum atomic E-state index is 12.9. The second kappa shape index (κ2) is 10.9.